The molecule has 0 atom stereocenters. The normalized spacial score (nSPS) is 9.58. The first-order valence-electron chi connectivity index (χ1n) is 5.95. The molecule has 2 aromatic heterocycles. The lowest BCUT2D eigenvalue weighted by Crippen LogP contribution is -1.97. The van der Waals surface area contributed by atoms with Crippen molar-refractivity contribution in [3.8, 4) is 17.6 Å². The summed E-state index contributed by atoms with van der Waals surface area (Å²) in [7, 11) is 0. The maximum absolute atomic E-state index is 5.67. The Kier molecular flexibility index (Phi) is 4.49. The fourth-order valence-electron chi connectivity index (χ4n) is 1.58. The number of hydrogen-bond donors (Lipinski definition) is 1. The molecule has 2 heterocycles. The quantitative estimate of drug-likeness (QED) is 0.845. The molecule has 0 aromatic carbocycles. The number of pyridine rings is 2. The van der Waals surface area contributed by atoms with Crippen LogP contribution in [0, 0.1) is 18.8 Å². The molecule has 2 N–H and O–H groups in total. The first kappa shape index (κ1) is 13.1. The zero-order chi connectivity index (χ0) is 13.5. The first-order valence-corrected chi connectivity index (χ1v) is 5.95. The molecular weight excluding hydrogens is 238 g/mol. The summed E-state index contributed by atoms with van der Waals surface area (Å²) in [6.07, 6.45) is 6.95. The standard InChI is InChI=1S/C15H15N3O/c1-12-5-14(9-17-7-12)11-19-15-6-13(3-2-4-16)8-18-10-15/h5-10H,4,11,16H2,1H3. The molecule has 0 unspecified atom stereocenters. The minimum absolute atomic E-state index is 0.333. The summed E-state index contributed by atoms with van der Waals surface area (Å²) in [5, 5.41) is 0. The molecule has 0 fully saturated rings. The second-order valence-electron chi connectivity index (χ2n) is 4.07. The lowest BCUT2D eigenvalue weighted by Gasteiger charge is -2.06. The number of aromatic nitrogens is 2. The van der Waals surface area contributed by atoms with E-state index in [1.165, 1.54) is 0 Å². The molecule has 0 aliphatic heterocycles. The molecule has 2 aromatic rings. The molecule has 0 aliphatic rings. The second-order valence-corrected chi connectivity index (χ2v) is 4.07. The van der Waals surface area contributed by atoms with Crippen molar-refractivity contribution in [2.75, 3.05) is 6.54 Å². The van der Waals surface area contributed by atoms with Crippen LogP contribution in [-0.2, 0) is 6.61 Å². The van der Waals surface area contributed by atoms with Gasteiger partial charge in [0.2, 0.25) is 0 Å². The van der Waals surface area contributed by atoms with E-state index in [9.17, 15) is 0 Å². The Hall–Kier alpha value is -2.38. The van der Waals surface area contributed by atoms with Crippen LogP contribution >= 0.6 is 0 Å². The van der Waals surface area contributed by atoms with Gasteiger partial charge in [-0.25, -0.2) is 0 Å². The van der Waals surface area contributed by atoms with Gasteiger partial charge in [-0.05, 0) is 24.6 Å². The average Bonchev–Trinajstić information content (AvgIpc) is 2.43. The molecular formula is C15H15N3O. The van der Waals surface area contributed by atoms with Crippen molar-refractivity contribution in [3.05, 3.63) is 53.6 Å². The summed E-state index contributed by atoms with van der Waals surface area (Å²) in [6.45, 7) is 2.80. The van der Waals surface area contributed by atoms with E-state index >= 15 is 0 Å². The summed E-state index contributed by atoms with van der Waals surface area (Å²) < 4.78 is 5.67. The van der Waals surface area contributed by atoms with Crippen LogP contribution in [0.3, 0.4) is 0 Å². The number of nitrogens with two attached hydrogens (primary N) is 1. The third kappa shape index (κ3) is 4.09. The summed E-state index contributed by atoms with van der Waals surface area (Å²) in [6, 6.07) is 3.89. The van der Waals surface area contributed by atoms with Gasteiger partial charge in [0.15, 0.2) is 0 Å². The van der Waals surface area contributed by atoms with Crippen molar-refractivity contribution >= 4 is 0 Å². The zero-order valence-electron chi connectivity index (χ0n) is 10.8. The smallest absolute Gasteiger partial charge is 0.139 e. The average molecular weight is 253 g/mol. The predicted molar refractivity (Wildman–Crippen MR) is 73.5 cm³/mol. The molecule has 0 saturated carbocycles. The van der Waals surface area contributed by atoms with Crippen molar-refractivity contribution in [1.82, 2.24) is 9.97 Å². The fourth-order valence-corrected chi connectivity index (χ4v) is 1.58. The molecule has 0 radical (unpaired) electrons. The molecule has 0 spiro atoms. The molecule has 4 heteroatoms. The van der Waals surface area contributed by atoms with E-state index in [1.54, 1.807) is 18.6 Å². The van der Waals surface area contributed by atoms with Crippen LogP contribution in [0.2, 0.25) is 0 Å². The Labute approximate surface area is 112 Å². The highest BCUT2D eigenvalue weighted by atomic mass is 16.5. The minimum Gasteiger partial charge on any atom is -0.487 e. The Morgan fingerprint density at radius 2 is 2.00 bits per heavy atom. The second kappa shape index (κ2) is 6.53. The predicted octanol–water partition coefficient (Wildman–Crippen LogP) is 1.67. The first-order chi connectivity index (χ1) is 9.28. The van der Waals surface area contributed by atoms with E-state index in [1.807, 2.05) is 25.3 Å². The Bertz CT molecular complexity index is 614. The molecule has 2 rings (SSSR count). The summed E-state index contributed by atoms with van der Waals surface area (Å²) >= 11 is 0. The summed E-state index contributed by atoms with van der Waals surface area (Å²) in [4.78, 5) is 8.21. The molecule has 0 amide bonds. The van der Waals surface area contributed by atoms with Gasteiger partial charge >= 0.3 is 0 Å². The summed E-state index contributed by atoms with van der Waals surface area (Å²) in [5.41, 5.74) is 8.27. The van der Waals surface area contributed by atoms with Crippen LogP contribution in [0.25, 0.3) is 0 Å². The maximum atomic E-state index is 5.67. The van der Waals surface area contributed by atoms with Gasteiger partial charge in [0, 0.05) is 29.7 Å². The number of aryl methyl sites for hydroxylation is 1. The van der Waals surface area contributed by atoms with Crippen LogP contribution in [0.1, 0.15) is 16.7 Å². The van der Waals surface area contributed by atoms with Crippen LogP contribution in [0.15, 0.2) is 36.9 Å². The molecule has 0 bridgehead atoms. The fraction of sp³-hybridized carbons (Fsp3) is 0.200. The highest BCUT2D eigenvalue weighted by molar-refractivity contribution is 5.37. The van der Waals surface area contributed by atoms with Gasteiger partial charge < -0.3 is 10.5 Å². The van der Waals surface area contributed by atoms with Gasteiger partial charge in [-0.1, -0.05) is 11.8 Å². The van der Waals surface area contributed by atoms with E-state index in [-0.39, 0.29) is 0 Å². The van der Waals surface area contributed by atoms with Crippen LogP contribution in [-0.4, -0.2) is 16.5 Å². The highest BCUT2D eigenvalue weighted by Crippen LogP contribution is 2.13. The Morgan fingerprint density at radius 3 is 2.79 bits per heavy atom. The SMILES string of the molecule is Cc1cncc(COc2cncc(C#CCN)c2)c1. The van der Waals surface area contributed by atoms with Gasteiger partial charge in [-0.2, -0.15) is 0 Å². The topological polar surface area (TPSA) is 61.0 Å². The molecule has 4 nitrogen and oxygen atoms in total. The number of ether oxygens (including phenoxy) is 1. The largest absolute Gasteiger partial charge is 0.487 e. The minimum atomic E-state index is 0.333. The zero-order valence-corrected chi connectivity index (χ0v) is 10.8. The summed E-state index contributed by atoms with van der Waals surface area (Å²) in [5.74, 6) is 6.39. The van der Waals surface area contributed by atoms with Gasteiger partial charge in [0.1, 0.15) is 12.4 Å². The maximum Gasteiger partial charge on any atom is 0.139 e. The van der Waals surface area contributed by atoms with Crippen LogP contribution in [0.5, 0.6) is 5.75 Å². The van der Waals surface area contributed by atoms with Crippen molar-refractivity contribution in [2.45, 2.75) is 13.5 Å². The van der Waals surface area contributed by atoms with Crippen molar-refractivity contribution in [3.63, 3.8) is 0 Å². The van der Waals surface area contributed by atoms with Crippen molar-refractivity contribution < 1.29 is 4.74 Å². The van der Waals surface area contributed by atoms with Crippen LogP contribution < -0.4 is 10.5 Å². The van der Waals surface area contributed by atoms with Crippen molar-refractivity contribution in [2.24, 2.45) is 5.73 Å². The van der Waals surface area contributed by atoms with E-state index in [0.717, 1.165) is 16.7 Å². The number of nitrogens with zero attached hydrogens (tertiary/aromatic N) is 2. The van der Waals surface area contributed by atoms with E-state index in [0.29, 0.717) is 18.9 Å². The molecule has 19 heavy (non-hydrogen) atoms. The van der Waals surface area contributed by atoms with Crippen LogP contribution in [0.4, 0.5) is 0 Å². The lowest BCUT2D eigenvalue weighted by molar-refractivity contribution is 0.304. The van der Waals surface area contributed by atoms with Gasteiger partial charge in [0.25, 0.3) is 0 Å². The monoisotopic (exact) mass is 253 g/mol. The Morgan fingerprint density at radius 1 is 1.16 bits per heavy atom. The van der Waals surface area contributed by atoms with Gasteiger partial charge in [-0.3, -0.25) is 9.97 Å². The molecule has 0 aliphatic carbocycles. The van der Waals surface area contributed by atoms with Crippen molar-refractivity contribution in [1.29, 1.82) is 0 Å². The number of hydrogen-bond acceptors (Lipinski definition) is 4. The van der Waals surface area contributed by atoms with Gasteiger partial charge in [-0.15, -0.1) is 0 Å². The lowest BCUT2D eigenvalue weighted by atomic mass is 10.2. The molecule has 96 valence electrons. The number of rotatable bonds is 3. The highest BCUT2D eigenvalue weighted by Gasteiger charge is 1.98. The van der Waals surface area contributed by atoms with E-state index < -0.39 is 0 Å². The van der Waals surface area contributed by atoms with Gasteiger partial charge in [0.05, 0.1) is 12.7 Å². The third-order valence-electron chi connectivity index (χ3n) is 2.39. The Balaban J connectivity index is 2.03. The molecule has 0 saturated heterocycles. The third-order valence-corrected chi connectivity index (χ3v) is 2.39. The van der Waals surface area contributed by atoms with E-state index in [4.69, 9.17) is 10.5 Å². The van der Waals surface area contributed by atoms with E-state index in [2.05, 4.69) is 21.8 Å².